The van der Waals surface area contributed by atoms with E-state index in [-0.39, 0.29) is 22.9 Å². The Balaban J connectivity index is 2.94. The van der Waals surface area contributed by atoms with Crippen LogP contribution in [0.5, 0.6) is 0 Å². The fraction of sp³-hybridized carbons (Fsp3) is 0.182. The first-order chi connectivity index (χ1) is 8.45. The maximum absolute atomic E-state index is 11.4. The maximum Gasteiger partial charge on any atom is 0.397 e. The van der Waals surface area contributed by atoms with E-state index in [9.17, 15) is 14.4 Å². The van der Waals surface area contributed by atoms with Gasteiger partial charge in [0.2, 0.25) is 0 Å². The number of anilines is 1. The summed E-state index contributed by atoms with van der Waals surface area (Å²) in [6.45, 7) is 1.65. The van der Waals surface area contributed by atoms with E-state index in [1.165, 1.54) is 18.2 Å². The van der Waals surface area contributed by atoms with Crippen molar-refractivity contribution in [3.63, 3.8) is 0 Å². The van der Waals surface area contributed by atoms with Gasteiger partial charge in [0.05, 0.1) is 17.9 Å². The summed E-state index contributed by atoms with van der Waals surface area (Å²) in [4.78, 5) is 33.7. The highest BCUT2D eigenvalue weighted by Gasteiger charge is 2.18. The van der Waals surface area contributed by atoms with Crippen LogP contribution in [0, 0.1) is 0 Å². The van der Waals surface area contributed by atoms with Gasteiger partial charge in [-0.1, -0.05) is 11.6 Å². The highest BCUT2D eigenvalue weighted by molar-refractivity contribution is 6.38. The number of nitrogens with one attached hydrogen (secondary N) is 1. The number of esters is 1. The van der Waals surface area contributed by atoms with Gasteiger partial charge in [-0.15, -0.1) is 0 Å². The fourth-order valence-electron chi connectivity index (χ4n) is 1.20. The molecule has 1 aromatic rings. The number of amides is 2. The number of hydrogen-bond donors (Lipinski definition) is 2. The molecule has 0 aliphatic heterocycles. The molecule has 0 saturated carbocycles. The van der Waals surface area contributed by atoms with E-state index < -0.39 is 17.8 Å². The molecular weight excluding hydrogens is 260 g/mol. The number of ether oxygens (including phenoxy) is 1. The number of nitrogens with two attached hydrogens (primary N) is 1. The Morgan fingerprint density at radius 3 is 2.61 bits per heavy atom. The minimum absolute atomic E-state index is 0.0140. The molecule has 0 bridgehead atoms. The van der Waals surface area contributed by atoms with Gasteiger partial charge in [0.15, 0.2) is 0 Å². The predicted molar refractivity (Wildman–Crippen MR) is 65.2 cm³/mol. The Morgan fingerprint density at radius 1 is 1.39 bits per heavy atom. The number of hydrogen-bond acceptors (Lipinski definition) is 4. The number of carbonyl (C=O) groups excluding carboxylic acids is 3. The quantitative estimate of drug-likeness (QED) is 0.631. The van der Waals surface area contributed by atoms with Gasteiger partial charge in [0.1, 0.15) is 0 Å². The van der Waals surface area contributed by atoms with Crippen molar-refractivity contribution >= 4 is 35.1 Å². The topological polar surface area (TPSA) is 98.5 Å². The molecule has 0 unspecified atom stereocenters. The van der Waals surface area contributed by atoms with Crippen LogP contribution in [0.15, 0.2) is 18.2 Å². The lowest BCUT2D eigenvalue weighted by atomic mass is 10.1. The number of carbonyl (C=O) groups is 3. The number of primary amides is 1. The summed E-state index contributed by atoms with van der Waals surface area (Å²) >= 11 is 5.70. The molecule has 18 heavy (non-hydrogen) atoms. The van der Waals surface area contributed by atoms with Gasteiger partial charge in [0.25, 0.3) is 5.91 Å². The maximum atomic E-state index is 11.4. The van der Waals surface area contributed by atoms with Crippen LogP contribution >= 0.6 is 11.6 Å². The Morgan fingerprint density at radius 2 is 2.06 bits per heavy atom. The zero-order valence-corrected chi connectivity index (χ0v) is 10.3. The van der Waals surface area contributed by atoms with Gasteiger partial charge in [-0.25, -0.2) is 4.79 Å². The molecule has 0 aromatic heterocycles. The summed E-state index contributed by atoms with van der Waals surface area (Å²) in [5, 5.41) is 2.52. The Labute approximate surface area is 108 Å². The van der Waals surface area contributed by atoms with E-state index in [0.717, 1.165) is 0 Å². The largest absolute Gasteiger partial charge is 0.459 e. The number of halogens is 1. The molecule has 0 aliphatic carbocycles. The van der Waals surface area contributed by atoms with Crippen molar-refractivity contribution in [1.29, 1.82) is 0 Å². The molecule has 0 atom stereocenters. The van der Waals surface area contributed by atoms with Crippen molar-refractivity contribution in [2.45, 2.75) is 6.92 Å². The molecule has 0 aliphatic rings. The third-order valence-corrected chi connectivity index (χ3v) is 2.19. The van der Waals surface area contributed by atoms with Crippen LogP contribution in [0.25, 0.3) is 0 Å². The lowest BCUT2D eigenvalue weighted by molar-refractivity contribution is -0.152. The average molecular weight is 271 g/mol. The first-order valence-electron chi connectivity index (χ1n) is 5.03. The van der Waals surface area contributed by atoms with Crippen LogP contribution in [0.4, 0.5) is 5.69 Å². The van der Waals surface area contributed by atoms with Crippen molar-refractivity contribution in [2.75, 3.05) is 11.9 Å². The van der Waals surface area contributed by atoms with Crippen LogP contribution < -0.4 is 11.1 Å². The van der Waals surface area contributed by atoms with Gasteiger partial charge < -0.3 is 15.8 Å². The molecule has 0 saturated heterocycles. The second-order valence-electron chi connectivity index (χ2n) is 3.23. The highest BCUT2D eigenvalue weighted by atomic mass is 35.5. The summed E-state index contributed by atoms with van der Waals surface area (Å²) in [6, 6.07) is 4.12. The molecule has 1 aromatic carbocycles. The number of rotatable bonds is 3. The van der Waals surface area contributed by atoms with Crippen LogP contribution in [0.1, 0.15) is 17.3 Å². The van der Waals surface area contributed by atoms with Gasteiger partial charge in [-0.3, -0.25) is 9.59 Å². The van der Waals surface area contributed by atoms with E-state index in [1.54, 1.807) is 6.92 Å². The first-order valence-corrected chi connectivity index (χ1v) is 5.41. The average Bonchev–Trinajstić information content (AvgIpc) is 2.31. The molecule has 0 spiro atoms. The third-order valence-electron chi connectivity index (χ3n) is 1.96. The van der Waals surface area contributed by atoms with Crippen LogP contribution in [-0.4, -0.2) is 24.4 Å². The van der Waals surface area contributed by atoms with Gasteiger partial charge in [-0.05, 0) is 25.1 Å². The molecule has 0 heterocycles. The van der Waals surface area contributed by atoms with Crippen molar-refractivity contribution in [1.82, 2.24) is 0 Å². The van der Waals surface area contributed by atoms with Gasteiger partial charge in [0, 0.05) is 5.02 Å². The van der Waals surface area contributed by atoms with Gasteiger partial charge in [-0.2, -0.15) is 0 Å². The Bertz CT molecular complexity index is 502. The molecule has 0 fully saturated rings. The second-order valence-corrected chi connectivity index (χ2v) is 3.67. The molecule has 3 N–H and O–H groups in total. The highest BCUT2D eigenvalue weighted by Crippen LogP contribution is 2.20. The van der Waals surface area contributed by atoms with E-state index in [0.29, 0.717) is 0 Å². The normalized spacial score (nSPS) is 9.67. The molecule has 0 radical (unpaired) electrons. The fourth-order valence-corrected chi connectivity index (χ4v) is 1.37. The van der Waals surface area contributed by atoms with E-state index >= 15 is 0 Å². The standard InChI is InChI=1S/C11H11ClN2O4/c1-2-18-11(17)10(16)14-8-4-3-6(12)5-7(8)9(13)15/h3-5H,2H2,1H3,(H2,13,15)(H,14,16). The summed E-state index contributed by atoms with van der Waals surface area (Å²) in [6.07, 6.45) is 0. The van der Waals surface area contributed by atoms with Crippen molar-refractivity contribution in [2.24, 2.45) is 5.73 Å². The van der Waals surface area contributed by atoms with Crippen LogP contribution in [-0.2, 0) is 14.3 Å². The second kappa shape index (κ2) is 6.02. The van der Waals surface area contributed by atoms with Crippen molar-refractivity contribution < 1.29 is 19.1 Å². The molecule has 96 valence electrons. The molecule has 1 rings (SSSR count). The van der Waals surface area contributed by atoms with E-state index in [4.69, 9.17) is 17.3 Å². The lowest BCUT2D eigenvalue weighted by Gasteiger charge is -2.08. The summed E-state index contributed by atoms with van der Waals surface area (Å²) < 4.78 is 4.51. The van der Waals surface area contributed by atoms with Crippen molar-refractivity contribution in [3.05, 3.63) is 28.8 Å². The minimum Gasteiger partial charge on any atom is -0.459 e. The van der Waals surface area contributed by atoms with E-state index in [1.807, 2.05) is 0 Å². The Kier molecular flexibility index (Phi) is 4.67. The van der Waals surface area contributed by atoms with E-state index in [2.05, 4.69) is 10.1 Å². The van der Waals surface area contributed by atoms with Crippen LogP contribution in [0.2, 0.25) is 5.02 Å². The third kappa shape index (κ3) is 3.46. The predicted octanol–water partition coefficient (Wildman–Crippen LogP) is 0.941. The lowest BCUT2D eigenvalue weighted by Crippen LogP contribution is -2.26. The molecule has 7 heteroatoms. The number of benzene rings is 1. The smallest absolute Gasteiger partial charge is 0.397 e. The molecular formula is C11H11ClN2O4. The molecule has 6 nitrogen and oxygen atoms in total. The zero-order valence-electron chi connectivity index (χ0n) is 9.53. The monoisotopic (exact) mass is 270 g/mol. The van der Waals surface area contributed by atoms with Crippen molar-refractivity contribution in [3.8, 4) is 0 Å². The summed E-state index contributed by atoms with van der Waals surface area (Å²) in [5.41, 5.74) is 5.24. The minimum atomic E-state index is -1.04. The van der Waals surface area contributed by atoms with Gasteiger partial charge >= 0.3 is 11.9 Å². The summed E-state index contributed by atoms with van der Waals surface area (Å²) in [5.74, 6) is -2.79. The SMILES string of the molecule is CCOC(=O)C(=O)Nc1ccc(Cl)cc1C(N)=O. The molecule has 2 amide bonds. The van der Waals surface area contributed by atoms with Crippen LogP contribution in [0.3, 0.4) is 0 Å². The Hall–Kier alpha value is -2.08. The summed E-state index contributed by atoms with van der Waals surface area (Å²) in [7, 11) is 0. The zero-order chi connectivity index (χ0) is 13.7. The first kappa shape index (κ1) is 14.0.